The highest BCUT2D eigenvalue weighted by Gasteiger charge is 2.31. The summed E-state index contributed by atoms with van der Waals surface area (Å²) in [5.41, 5.74) is 0. The van der Waals surface area contributed by atoms with Crippen molar-refractivity contribution >= 4 is 17.5 Å². The number of carbonyl (C=O) groups excluding carboxylic acids is 1. The zero-order valence-electron chi connectivity index (χ0n) is 9.13. The number of carbonyl (C=O) groups is 1. The third kappa shape index (κ3) is 3.87. The Labute approximate surface area is 91.6 Å². The third-order valence-electron chi connectivity index (χ3n) is 2.56. The number of amides is 1. The minimum absolute atomic E-state index is 0.239. The number of hydrogen-bond donors (Lipinski definition) is 0. The normalized spacial score (nSPS) is 16.0. The zero-order chi connectivity index (χ0) is 10.6. The van der Waals surface area contributed by atoms with Crippen LogP contribution in [0.25, 0.3) is 0 Å². The molecule has 0 N–H and O–H groups in total. The Hall–Kier alpha value is -0.240. The quantitative estimate of drug-likeness (QED) is 0.627. The van der Waals surface area contributed by atoms with Crippen LogP contribution in [0.1, 0.15) is 39.5 Å². The van der Waals surface area contributed by atoms with Crippen molar-refractivity contribution in [2.24, 2.45) is 5.92 Å². The van der Waals surface area contributed by atoms with Crippen LogP contribution in [0.2, 0.25) is 0 Å². The predicted octanol–water partition coefficient (Wildman–Crippen LogP) is 2.65. The number of rotatable bonds is 6. The molecule has 0 bridgehead atoms. The number of alkyl halides is 1. The van der Waals surface area contributed by atoms with Crippen molar-refractivity contribution in [1.29, 1.82) is 0 Å². The van der Waals surface area contributed by atoms with E-state index in [1.54, 1.807) is 0 Å². The average Bonchev–Trinajstić information content (AvgIpc) is 2.88. The molecule has 0 heterocycles. The lowest BCUT2D eigenvalue weighted by molar-refractivity contribution is -0.131. The average molecular weight is 218 g/mol. The minimum Gasteiger partial charge on any atom is -0.340 e. The first-order valence-electron chi connectivity index (χ1n) is 5.50. The molecule has 82 valence electrons. The second-order valence-electron chi connectivity index (χ2n) is 4.44. The van der Waals surface area contributed by atoms with Gasteiger partial charge in [-0.3, -0.25) is 4.79 Å². The van der Waals surface area contributed by atoms with Gasteiger partial charge in [-0.15, -0.1) is 11.6 Å². The fourth-order valence-corrected chi connectivity index (χ4v) is 1.68. The van der Waals surface area contributed by atoms with Gasteiger partial charge in [0.15, 0.2) is 0 Å². The van der Waals surface area contributed by atoms with E-state index < -0.39 is 0 Å². The van der Waals surface area contributed by atoms with Crippen LogP contribution in [0.15, 0.2) is 0 Å². The van der Waals surface area contributed by atoms with E-state index in [2.05, 4.69) is 13.8 Å². The molecule has 0 aromatic rings. The molecule has 14 heavy (non-hydrogen) atoms. The summed E-state index contributed by atoms with van der Waals surface area (Å²) in [6.07, 6.45) is 3.97. The summed E-state index contributed by atoms with van der Waals surface area (Å²) in [5, 5.41) is 0. The molecule has 1 aliphatic rings. The van der Waals surface area contributed by atoms with E-state index in [1.807, 2.05) is 4.90 Å². The van der Waals surface area contributed by atoms with Crippen molar-refractivity contribution in [1.82, 2.24) is 4.90 Å². The van der Waals surface area contributed by atoms with Gasteiger partial charge in [0.2, 0.25) is 5.91 Å². The Morgan fingerprint density at radius 3 is 2.57 bits per heavy atom. The Balaban J connectivity index is 2.34. The third-order valence-corrected chi connectivity index (χ3v) is 2.75. The van der Waals surface area contributed by atoms with E-state index in [4.69, 9.17) is 11.6 Å². The van der Waals surface area contributed by atoms with Crippen LogP contribution in [-0.2, 0) is 4.79 Å². The molecule has 1 fully saturated rings. The van der Waals surface area contributed by atoms with Crippen LogP contribution in [-0.4, -0.2) is 29.3 Å². The van der Waals surface area contributed by atoms with Crippen molar-refractivity contribution < 1.29 is 4.79 Å². The summed E-state index contributed by atoms with van der Waals surface area (Å²) in [6.45, 7) is 5.30. The van der Waals surface area contributed by atoms with E-state index in [-0.39, 0.29) is 5.91 Å². The Kier molecular flexibility index (Phi) is 4.73. The van der Waals surface area contributed by atoms with E-state index >= 15 is 0 Å². The lowest BCUT2D eigenvalue weighted by Gasteiger charge is -2.23. The molecule has 1 aliphatic carbocycles. The fourth-order valence-electron chi connectivity index (χ4n) is 1.52. The van der Waals surface area contributed by atoms with Gasteiger partial charge in [0.1, 0.15) is 0 Å². The first-order chi connectivity index (χ1) is 6.65. The van der Waals surface area contributed by atoms with Crippen molar-refractivity contribution in [2.45, 2.75) is 45.6 Å². The van der Waals surface area contributed by atoms with E-state index in [9.17, 15) is 4.79 Å². The smallest absolute Gasteiger partial charge is 0.224 e. The summed E-state index contributed by atoms with van der Waals surface area (Å²) < 4.78 is 0. The van der Waals surface area contributed by atoms with Crippen LogP contribution in [0, 0.1) is 5.92 Å². The van der Waals surface area contributed by atoms with Gasteiger partial charge in [0.05, 0.1) is 0 Å². The lowest BCUT2D eigenvalue weighted by Crippen LogP contribution is -2.34. The minimum atomic E-state index is 0.239. The molecule has 0 saturated heterocycles. The second-order valence-corrected chi connectivity index (χ2v) is 4.82. The molecule has 3 heteroatoms. The van der Waals surface area contributed by atoms with Crippen molar-refractivity contribution in [2.75, 3.05) is 12.4 Å². The highest BCUT2D eigenvalue weighted by atomic mass is 35.5. The standard InChI is InChI=1S/C11H20ClNO/c1-9(2)6-8-13(10-3-4-10)11(14)5-7-12/h9-10H,3-8H2,1-2H3. The van der Waals surface area contributed by atoms with Crippen LogP contribution in [0.4, 0.5) is 0 Å². The molecule has 0 atom stereocenters. The van der Waals surface area contributed by atoms with Gasteiger partial charge in [-0.25, -0.2) is 0 Å². The van der Waals surface area contributed by atoms with Crippen molar-refractivity contribution in [3.05, 3.63) is 0 Å². The van der Waals surface area contributed by atoms with Crippen molar-refractivity contribution in [3.63, 3.8) is 0 Å². The van der Waals surface area contributed by atoms with Gasteiger partial charge in [0, 0.05) is 24.9 Å². The van der Waals surface area contributed by atoms with Gasteiger partial charge in [-0.2, -0.15) is 0 Å². The molecule has 0 aromatic heterocycles. The van der Waals surface area contributed by atoms with Crippen LogP contribution >= 0.6 is 11.6 Å². The Bertz CT molecular complexity index is 190. The SMILES string of the molecule is CC(C)CCN(C(=O)CCCl)C1CC1. The van der Waals surface area contributed by atoms with Gasteiger partial charge in [-0.05, 0) is 25.2 Å². The molecule has 2 nitrogen and oxygen atoms in total. The summed E-state index contributed by atoms with van der Waals surface area (Å²) >= 11 is 5.58. The first-order valence-corrected chi connectivity index (χ1v) is 6.04. The number of halogens is 1. The number of nitrogens with zero attached hydrogens (tertiary/aromatic N) is 1. The van der Waals surface area contributed by atoms with Gasteiger partial charge >= 0.3 is 0 Å². The van der Waals surface area contributed by atoms with Crippen LogP contribution in [0.5, 0.6) is 0 Å². The summed E-state index contributed by atoms with van der Waals surface area (Å²) in [4.78, 5) is 13.7. The van der Waals surface area contributed by atoms with Crippen LogP contribution < -0.4 is 0 Å². The first kappa shape index (κ1) is 11.8. The molecule has 0 aliphatic heterocycles. The lowest BCUT2D eigenvalue weighted by atomic mass is 10.1. The summed E-state index contributed by atoms with van der Waals surface area (Å²) in [7, 11) is 0. The van der Waals surface area contributed by atoms with E-state index in [0.29, 0.717) is 24.3 Å². The maximum atomic E-state index is 11.7. The molecular formula is C11H20ClNO. The Morgan fingerprint density at radius 2 is 2.14 bits per heavy atom. The largest absolute Gasteiger partial charge is 0.340 e. The second kappa shape index (κ2) is 5.59. The molecule has 0 radical (unpaired) electrons. The fraction of sp³-hybridized carbons (Fsp3) is 0.909. The molecular weight excluding hydrogens is 198 g/mol. The summed E-state index contributed by atoms with van der Waals surface area (Å²) in [5.74, 6) is 1.35. The maximum Gasteiger partial charge on any atom is 0.224 e. The maximum absolute atomic E-state index is 11.7. The van der Waals surface area contributed by atoms with Crippen LogP contribution in [0.3, 0.4) is 0 Å². The summed E-state index contributed by atoms with van der Waals surface area (Å²) in [6, 6.07) is 0.532. The van der Waals surface area contributed by atoms with Gasteiger partial charge < -0.3 is 4.90 Å². The molecule has 1 amide bonds. The zero-order valence-corrected chi connectivity index (χ0v) is 9.89. The topological polar surface area (TPSA) is 20.3 Å². The van der Waals surface area contributed by atoms with Gasteiger partial charge in [0.25, 0.3) is 0 Å². The molecule has 0 aromatic carbocycles. The monoisotopic (exact) mass is 217 g/mol. The Morgan fingerprint density at radius 1 is 1.50 bits per heavy atom. The molecule has 0 unspecified atom stereocenters. The van der Waals surface area contributed by atoms with Gasteiger partial charge in [-0.1, -0.05) is 13.8 Å². The highest BCUT2D eigenvalue weighted by Crippen LogP contribution is 2.28. The highest BCUT2D eigenvalue weighted by molar-refractivity contribution is 6.18. The van der Waals surface area contributed by atoms with Crippen molar-refractivity contribution in [3.8, 4) is 0 Å². The number of hydrogen-bond acceptors (Lipinski definition) is 1. The van der Waals surface area contributed by atoms with E-state index in [0.717, 1.165) is 13.0 Å². The van der Waals surface area contributed by atoms with E-state index in [1.165, 1.54) is 12.8 Å². The predicted molar refractivity (Wildman–Crippen MR) is 59.5 cm³/mol. The molecule has 0 spiro atoms. The molecule has 1 saturated carbocycles. The molecule has 1 rings (SSSR count).